The van der Waals surface area contributed by atoms with Crippen LogP contribution in [0.1, 0.15) is 49.0 Å². The van der Waals surface area contributed by atoms with Gasteiger partial charge in [-0.25, -0.2) is 4.98 Å². The number of aryl methyl sites for hydroxylation is 1. The molecule has 1 aliphatic rings. The summed E-state index contributed by atoms with van der Waals surface area (Å²) in [4.78, 5) is 20.6. The average molecular weight is 449 g/mol. The lowest BCUT2D eigenvalue weighted by atomic mass is 9.94. The summed E-state index contributed by atoms with van der Waals surface area (Å²) in [6.07, 6.45) is 2.40. The van der Waals surface area contributed by atoms with E-state index >= 15 is 0 Å². The van der Waals surface area contributed by atoms with Crippen molar-refractivity contribution in [3.63, 3.8) is 0 Å². The molecule has 0 spiro atoms. The summed E-state index contributed by atoms with van der Waals surface area (Å²) in [6, 6.07) is 7.40. The van der Waals surface area contributed by atoms with Crippen molar-refractivity contribution in [3.8, 4) is 5.88 Å². The van der Waals surface area contributed by atoms with Crippen LogP contribution in [-0.2, 0) is 16.0 Å². The molecule has 0 aliphatic carbocycles. The molecule has 160 valence electrons. The fourth-order valence-corrected chi connectivity index (χ4v) is 5.25. The standard InChI is InChI=1S/C21H25ClN4O3S/c1-3-16-23-21-26(24-16)19(27)18(30-21)17(13-7-9-15(22)10-8-13)25-11-5-6-14(12-25)20(28)29-4-2/h7-10,14,17,27H,3-6,11-12H2,1-2H3/t14-,17-/m1/s1. The van der Waals surface area contributed by atoms with E-state index in [2.05, 4.69) is 15.0 Å². The molecule has 30 heavy (non-hydrogen) atoms. The number of hydrogen-bond donors (Lipinski definition) is 1. The third-order valence-corrected chi connectivity index (χ3v) is 6.76. The highest BCUT2D eigenvalue weighted by molar-refractivity contribution is 7.17. The zero-order valence-corrected chi connectivity index (χ0v) is 18.6. The molecule has 2 atom stereocenters. The van der Waals surface area contributed by atoms with Gasteiger partial charge in [-0.2, -0.15) is 4.52 Å². The highest BCUT2D eigenvalue weighted by Gasteiger charge is 2.35. The summed E-state index contributed by atoms with van der Waals surface area (Å²) in [5.74, 6) is 0.466. The molecular formula is C21H25ClN4O3S. The lowest BCUT2D eigenvalue weighted by Gasteiger charge is -2.37. The Bertz CT molecular complexity index is 1030. The maximum absolute atomic E-state index is 12.4. The molecular weight excluding hydrogens is 424 g/mol. The van der Waals surface area contributed by atoms with Gasteiger partial charge >= 0.3 is 5.97 Å². The van der Waals surface area contributed by atoms with Crippen LogP contribution in [0.3, 0.4) is 0 Å². The molecule has 7 nitrogen and oxygen atoms in total. The second kappa shape index (κ2) is 8.91. The van der Waals surface area contributed by atoms with Gasteiger partial charge in [-0.05, 0) is 44.0 Å². The predicted molar refractivity (Wildman–Crippen MR) is 116 cm³/mol. The van der Waals surface area contributed by atoms with Gasteiger partial charge in [0, 0.05) is 18.0 Å². The van der Waals surface area contributed by atoms with Gasteiger partial charge in [0.25, 0.3) is 0 Å². The van der Waals surface area contributed by atoms with Crippen LogP contribution in [0.4, 0.5) is 0 Å². The molecule has 1 aliphatic heterocycles. The van der Waals surface area contributed by atoms with E-state index in [9.17, 15) is 9.90 Å². The first kappa shape index (κ1) is 21.1. The highest BCUT2D eigenvalue weighted by atomic mass is 35.5. The van der Waals surface area contributed by atoms with Crippen LogP contribution in [0.25, 0.3) is 4.96 Å². The van der Waals surface area contributed by atoms with Gasteiger partial charge in [0.15, 0.2) is 5.82 Å². The molecule has 0 bridgehead atoms. The number of likely N-dealkylation sites (tertiary alicyclic amines) is 1. The van der Waals surface area contributed by atoms with Crippen molar-refractivity contribution >= 4 is 33.9 Å². The zero-order valence-electron chi connectivity index (χ0n) is 17.0. The van der Waals surface area contributed by atoms with Gasteiger partial charge in [0.2, 0.25) is 10.8 Å². The number of carbonyl (C=O) groups excluding carboxylic acids is 1. The Morgan fingerprint density at radius 3 is 2.80 bits per heavy atom. The van der Waals surface area contributed by atoms with Gasteiger partial charge in [-0.15, -0.1) is 5.10 Å². The summed E-state index contributed by atoms with van der Waals surface area (Å²) in [7, 11) is 0. The van der Waals surface area contributed by atoms with Crippen molar-refractivity contribution in [2.45, 2.75) is 39.2 Å². The van der Waals surface area contributed by atoms with Crippen LogP contribution in [-0.4, -0.2) is 50.3 Å². The quantitative estimate of drug-likeness (QED) is 0.572. The maximum atomic E-state index is 12.4. The maximum Gasteiger partial charge on any atom is 0.310 e. The molecule has 1 fully saturated rings. The molecule has 0 saturated carbocycles. The third-order valence-electron chi connectivity index (χ3n) is 5.43. The van der Waals surface area contributed by atoms with E-state index in [1.54, 1.807) is 0 Å². The number of halogens is 1. The fourth-order valence-electron chi connectivity index (χ4n) is 3.99. The Balaban J connectivity index is 1.73. The minimum atomic E-state index is -0.224. The van der Waals surface area contributed by atoms with Crippen molar-refractivity contribution in [2.75, 3.05) is 19.7 Å². The average Bonchev–Trinajstić information content (AvgIpc) is 3.29. The number of hydrogen-bond acceptors (Lipinski definition) is 7. The smallest absolute Gasteiger partial charge is 0.310 e. The Morgan fingerprint density at radius 1 is 1.37 bits per heavy atom. The SMILES string of the molecule is CCOC(=O)[C@@H]1CCCN([C@H](c2ccc(Cl)cc2)c2sc3nc(CC)nn3c2O)C1. The largest absolute Gasteiger partial charge is 0.492 e. The van der Waals surface area contributed by atoms with E-state index in [4.69, 9.17) is 16.3 Å². The molecule has 0 amide bonds. The number of ether oxygens (including phenoxy) is 1. The third kappa shape index (κ3) is 4.04. The Morgan fingerprint density at radius 2 is 2.13 bits per heavy atom. The van der Waals surface area contributed by atoms with E-state index in [-0.39, 0.29) is 23.8 Å². The molecule has 3 aromatic rings. The number of nitrogens with zero attached hydrogens (tertiary/aromatic N) is 4. The number of benzene rings is 1. The fraction of sp³-hybridized carbons (Fsp3) is 0.476. The first-order valence-electron chi connectivity index (χ1n) is 10.2. The van der Waals surface area contributed by atoms with Gasteiger partial charge in [0.1, 0.15) is 0 Å². The number of rotatable bonds is 6. The Labute approximate surface area is 184 Å². The topological polar surface area (TPSA) is 80.0 Å². The van der Waals surface area contributed by atoms with E-state index < -0.39 is 0 Å². The van der Waals surface area contributed by atoms with Crippen LogP contribution >= 0.6 is 22.9 Å². The minimum Gasteiger partial charge on any atom is -0.492 e. The number of esters is 1. The van der Waals surface area contributed by atoms with Crippen LogP contribution in [0.15, 0.2) is 24.3 Å². The van der Waals surface area contributed by atoms with Crippen LogP contribution in [0.2, 0.25) is 5.02 Å². The molecule has 0 radical (unpaired) electrons. The molecule has 2 aromatic heterocycles. The van der Waals surface area contributed by atoms with E-state index in [0.717, 1.165) is 29.8 Å². The minimum absolute atomic E-state index is 0.0976. The van der Waals surface area contributed by atoms with Crippen molar-refractivity contribution in [1.29, 1.82) is 0 Å². The first-order valence-corrected chi connectivity index (χ1v) is 11.4. The molecule has 1 N–H and O–H groups in total. The number of fused-ring (bicyclic) bond motifs is 1. The normalized spacial score (nSPS) is 18.6. The number of thiazole rings is 1. The summed E-state index contributed by atoms with van der Waals surface area (Å²) < 4.78 is 6.78. The lowest BCUT2D eigenvalue weighted by Crippen LogP contribution is -2.41. The van der Waals surface area contributed by atoms with Crippen LogP contribution in [0.5, 0.6) is 5.88 Å². The molecule has 1 saturated heterocycles. The second-order valence-electron chi connectivity index (χ2n) is 7.41. The van der Waals surface area contributed by atoms with Gasteiger partial charge in [0.05, 0.1) is 23.4 Å². The number of aromatic nitrogens is 3. The summed E-state index contributed by atoms with van der Waals surface area (Å²) >= 11 is 7.54. The predicted octanol–water partition coefficient (Wildman–Crippen LogP) is 4.08. The summed E-state index contributed by atoms with van der Waals surface area (Å²) in [5, 5.41) is 16.1. The zero-order chi connectivity index (χ0) is 21.3. The van der Waals surface area contributed by atoms with Gasteiger partial charge in [-0.1, -0.05) is 42.0 Å². The van der Waals surface area contributed by atoms with E-state index in [1.807, 2.05) is 38.1 Å². The number of carbonyl (C=O) groups is 1. The van der Waals surface area contributed by atoms with E-state index in [1.165, 1.54) is 15.9 Å². The van der Waals surface area contributed by atoms with Crippen molar-refractivity contribution < 1.29 is 14.6 Å². The number of aromatic hydroxyl groups is 1. The second-order valence-corrected chi connectivity index (χ2v) is 8.85. The van der Waals surface area contributed by atoms with Crippen molar-refractivity contribution in [3.05, 3.63) is 45.6 Å². The monoisotopic (exact) mass is 448 g/mol. The lowest BCUT2D eigenvalue weighted by molar-refractivity contribution is -0.150. The van der Waals surface area contributed by atoms with Gasteiger partial charge in [-0.3, -0.25) is 9.69 Å². The summed E-state index contributed by atoms with van der Waals surface area (Å²) in [6.45, 7) is 5.57. The molecule has 1 aromatic carbocycles. The highest BCUT2D eigenvalue weighted by Crippen LogP contribution is 2.41. The van der Waals surface area contributed by atoms with Crippen LogP contribution in [0, 0.1) is 5.92 Å². The first-order chi connectivity index (χ1) is 14.5. The molecule has 4 rings (SSSR count). The molecule has 0 unspecified atom stereocenters. The number of piperidine rings is 1. The van der Waals surface area contributed by atoms with Gasteiger partial charge < -0.3 is 9.84 Å². The molecule has 9 heteroatoms. The van der Waals surface area contributed by atoms with Crippen molar-refractivity contribution in [1.82, 2.24) is 19.5 Å². The Kier molecular flexibility index (Phi) is 6.26. The summed E-state index contributed by atoms with van der Waals surface area (Å²) in [5.41, 5.74) is 0.999. The van der Waals surface area contributed by atoms with Crippen LogP contribution < -0.4 is 0 Å². The Hall–Kier alpha value is -2.16. The molecule has 3 heterocycles. The van der Waals surface area contributed by atoms with E-state index in [0.29, 0.717) is 35.4 Å². The van der Waals surface area contributed by atoms with Crippen molar-refractivity contribution in [2.24, 2.45) is 5.92 Å².